The van der Waals surface area contributed by atoms with Gasteiger partial charge in [0, 0.05) is 19.6 Å². The van der Waals surface area contributed by atoms with E-state index in [0.717, 1.165) is 12.5 Å². The Kier molecular flexibility index (Phi) is 5.51. The Morgan fingerprint density at radius 1 is 1.00 bits per heavy atom. The number of hydrogen-bond donors (Lipinski definition) is 0. The molecule has 0 rings (SSSR count). The van der Waals surface area contributed by atoms with Gasteiger partial charge in [0.2, 0.25) is 0 Å². The average Bonchev–Trinajstić information content (AvgIpc) is 1.82. The summed E-state index contributed by atoms with van der Waals surface area (Å²) in [5.74, 6) is 0.780. The van der Waals surface area contributed by atoms with Gasteiger partial charge in [0.15, 0.2) is 0 Å². The van der Waals surface area contributed by atoms with Crippen molar-refractivity contribution in [3.63, 3.8) is 0 Å². The first-order valence-corrected chi connectivity index (χ1v) is 4.35. The molecular weight excluding hydrogens is 136 g/mol. The fourth-order valence-electron chi connectivity index (χ4n) is 1.09. The first kappa shape index (κ1) is 10.9. The molecular formula is C9H22N2. The Morgan fingerprint density at radius 2 is 1.55 bits per heavy atom. The monoisotopic (exact) mass is 158 g/mol. The zero-order valence-electron chi connectivity index (χ0n) is 8.59. The fourth-order valence-corrected chi connectivity index (χ4v) is 1.09. The van der Waals surface area contributed by atoms with Crippen LogP contribution < -0.4 is 0 Å². The van der Waals surface area contributed by atoms with E-state index in [4.69, 9.17) is 0 Å². The van der Waals surface area contributed by atoms with Crippen LogP contribution in [0.3, 0.4) is 0 Å². The van der Waals surface area contributed by atoms with Gasteiger partial charge in [-0.15, -0.1) is 0 Å². The van der Waals surface area contributed by atoms with Gasteiger partial charge in [-0.2, -0.15) is 0 Å². The van der Waals surface area contributed by atoms with Crippen molar-refractivity contribution in [2.75, 3.05) is 40.8 Å². The third-order valence-electron chi connectivity index (χ3n) is 1.61. The quantitative estimate of drug-likeness (QED) is 0.592. The number of hydrogen-bond acceptors (Lipinski definition) is 2. The van der Waals surface area contributed by atoms with Crippen molar-refractivity contribution in [2.24, 2.45) is 5.92 Å². The van der Waals surface area contributed by atoms with Crippen molar-refractivity contribution in [3.05, 3.63) is 0 Å². The van der Waals surface area contributed by atoms with E-state index in [0.29, 0.717) is 0 Å². The second-order valence-electron chi connectivity index (χ2n) is 3.96. The predicted molar refractivity (Wildman–Crippen MR) is 50.9 cm³/mol. The third kappa shape index (κ3) is 7.82. The summed E-state index contributed by atoms with van der Waals surface area (Å²) in [7, 11) is 6.41. The molecule has 0 unspecified atom stereocenters. The van der Waals surface area contributed by atoms with Gasteiger partial charge in [0.1, 0.15) is 0 Å². The highest BCUT2D eigenvalue weighted by atomic mass is 15.1. The summed E-state index contributed by atoms with van der Waals surface area (Å²) in [4.78, 5) is 4.60. The lowest BCUT2D eigenvalue weighted by Gasteiger charge is -2.20. The third-order valence-corrected chi connectivity index (χ3v) is 1.61. The summed E-state index contributed by atoms with van der Waals surface area (Å²) in [6, 6.07) is 0. The summed E-state index contributed by atoms with van der Waals surface area (Å²) in [5, 5.41) is 0. The molecule has 0 aromatic rings. The highest BCUT2D eigenvalue weighted by molar-refractivity contribution is 4.56. The van der Waals surface area contributed by atoms with Gasteiger partial charge in [-0.25, -0.2) is 0 Å². The van der Waals surface area contributed by atoms with Crippen LogP contribution >= 0.6 is 0 Å². The molecule has 0 fully saturated rings. The second-order valence-corrected chi connectivity index (χ2v) is 3.96. The van der Waals surface area contributed by atoms with Gasteiger partial charge in [0.25, 0.3) is 0 Å². The Bertz CT molecular complexity index is 89.6. The maximum Gasteiger partial charge on any atom is 0.0106 e. The molecule has 0 N–H and O–H groups in total. The highest BCUT2D eigenvalue weighted by Crippen LogP contribution is 1.94. The minimum absolute atomic E-state index is 0.780. The van der Waals surface area contributed by atoms with E-state index in [1.54, 1.807) is 0 Å². The van der Waals surface area contributed by atoms with Crippen LogP contribution in [-0.2, 0) is 0 Å². The van der Waals surface area contributed by atoms with Crippen molar-refractivity contribution in [1.82, 2.24) is 9.80 Å². The van der Waals surface area contributed by atoms with Crippen LogP contribution in [0.25, 0.3) is 0 Å². The van der Waals surface area contributed by atoms with E-state index in [1.165, 1.54) is 13.1 Å². The lowest BCUT2D eigenvalue weighted by Crippen LogP contribution is -2.31. The molecule has 0 spiro atoms. The normalized spacial score (nSPS) is 12.0. The van der Waals surface area contributed by atoms with Crippen LogP contribution in [0.2, 0.25) is 0 Å². The smallest absolute Gasteiger partial charge is 0.0106 e. The minimum atomic E-state index is 0.780. The summed E-state index contributed by atoms with van der Waals surface area (Å²) in [5.41, 5.74) is 0. The van der Waals surface area contributed by atoms with E-state index in [1.807, 2.05) is 0 Å². The molecule has 0 heterocycles. The molecule has 2 heteroatoms. The van der Waals surface area contributed by atoms with Gasteiger partial charge < -0.3 is 9.80 Å². The zero-order valence-corrected chi connectivity index (χ0v) is 8.59. The topological polar surface area (TPSA) is 6.48 Å². The van der Waals surface area contributed by atoms with Gasteiger partial charge in [-0.1, -0.05) is 13.8 Å². The molecule has 0 aliphatic heterocycles. The van der Waals surface area contributed by atoms with E-state index in [-0.39, 0.29) is 0 Å². The molecule has 2 nitrogen and oxygen atoms in total. The summed E-state index contributed by atoms with van der Waals surface area (Å²) in [6.45, 7) is 8.04. The van der Waals surface area contributed by atoms with Gasteiger partial charge in [-0.3, -0.25) is 0 Å². The fraction of sp³-hybridized carbons (Fsp3) is 1.00. The standard InChI is InChI=1S/C9H22N2/c1-9(2)8-11(5)7-6-10(3)4/h9H,6-8H2,1-5H3. The van der Waals surface area contributed by atoms with E-state index < -0.39 is 0 Å². The number of nitrogens with zero attached hydrogens (tertiary/aromatic N) is 2. The largest absolute Gasteiger partial charge is 0.308 e. The molecule has 0 bridgehead atoms. The van der Waals surface area contributed by atoms with Crippen molar-refractivity contribution in [1.29, 1.82) is 0 Å². The first-order valence-electron chi connectivity index (χ1n) is 4.35. The lowest BCUT2D eigenvalue weighted by molar-refractivity contribution is 0.259. The maximum absolute atomic E-state index is 2.38. The molecule has 0 saturated carbocycles. The summed E-state index contributed by atoms with van der Waals surface area (Å²) in [6.07, 6.45) is 0. The van der Waals surface area contributed by atoms with Gasteiger partial charge in [0.05, 0.1) is 0 Å². The summed E-state index contributed by atoms with van der Waals surface area (Å²) < 4.78 is 0. The molecule has 0 amide bonds. The predicted octanol–water partition coefficient (Wildman–Crippen LogP) is 1.14. The van der Waals surface area contributed by atoms with Crippen LogP contribution in [-0.4, -0.2) is 50.6 Å². The van der Waals surface area contributed by atoms with Crippen LogP contribution in [0.4, 0.5) is 0 Å². The number of rotatable bonds is 5. The van der Waals surface area contributed by atoms with E-state index in [9.17, 15) is 0 Å². The van der Waals surface area contributed by atoms with Crippen LogP contribution in [0, 0.1) is 5.92 Å². The zero-order chi connectivity index (χ0) is 8.85. The Morgan fingerprint density at radius 3 is 1.91 bits per heavy atom. The Hall–Kier alpha value is -0.0800. The Balaban J connectivity index is 3.29. The molecule has 0 aromatic carbocycles. The molecule has 11 heavy (non-hydrogen) atoms. The Labute approximate surface area is 71.2 Å². The molecule has 0 aliphatic carbocycles. The summed E-state index contributed by atoms with van der Waals surface area (Å²) >= 11 is 0. The molecule has 0 atom stereocenters. The van der Waals surface area contributed by atoms with Crippen molar-refractivity contribution in [2.45, 2.75) is 13.8 Å². The second kappa shape index (κ2) is 5.56. The molecule has 0 aliphatic rings. The van der Waals surface area contributed by atoms with Crippen molar-refractivity contribution in [3.8, 4) is 0 Å². The van der Waals surface area contributed by atoms with Crippen LogP contribution in [0.15, 0.2) is 0 Å². The van der Waals surface area contributed by atoms with E-state index in [2.05, 4.69) is 44.8 Å². The molecule has 0 aromatic heterocycles. The van der Waals surface area contributed by atoms with Crippen LogP contribution in [0.5, 0.6) is 0 Å². The van der Waals surface area contributed by atoms with E-state index >= 15 is 0 Å². The first-order chi connectivity index (χ1) is 5.02. The SMILES string of the molecule is CC(C)CN(C)CCN(C)C. The molecule has 68 valence electrons. The highest BCUT2D eigenvalue weighted by Gasteiger charge is 2.00. The lowest BCUT2D eigenvalue weighted by atomic mass is 10.2. The van der Waals surface area contributed by atoms with Crippen LogP contribution in [0.1, 0.15) is 13.8 Å². The molecule has 0 saturated heterocycles. The number of likely N-dealkylation sites (N-methyl/N-ethyl adjacent to an activating group) is 2. The van der Waals surface area contributed by atoms with Gasteiger partial charge >= 0.3 is 0 Å². The average molecular weight is 158 g/mol. The van der Waals surface area contributed by atoms with Crippen molar-refractivity contribution >= 4 is 0 Å². The van der Waals surface area contributed by atoms with Gasteiger partial charge in [-0.05, 0) is 27.1 Å². The minimum Gasteiger partial charge on any atom is -0.308 e. The molecule has 0 radical (unpaired) electrons. The van der Waals surface area contributed by atoms with Crippen molar-refractivity contribution < 1.29 is 0 Å². The maximum atomic E-state index is 2.38.